The van der Waals surface area contributed by atoms with Crippen molar-refractivity contribution in [3.63, 3.8) is 0 Å². The molecule has 0 bridgehead atoms. The molecule has 0 fully saturated rings. The summed E-state index contributed by atoms with van der Waals surface area (Å²) < 4.78 is 52.5. The highest BCUT2D eigenvalue weighted by atomic mass is 19.4. The number of aryl methyl sites for hydroxylation is 2. The van der Waals surface area contributed by atoms with Gasteiger partial charge in [0.15, 0.2) is 0 Å². The molecule has 0 spiro atoms. The summed E-state index contributed by atoms with van der Waals surface area (Å²) in [5.74, 6) is -0.738. The zero-order valence-electron chi connectivity index (χ0n) is 11.6. The molecule has 21 heavy (non-hydrogen) atoms. The monoisotopic (exact) mass is 297 g/mol. The molecule has 2 aromatic carbocycles. The molecule has 2 rings (SSSR count). The van der Waals surface area contributed by atoms with Crippen molar-refractivity contribution in [3.8, 4) is 0 Å². The molecule has 1 unspecified atom stereocenters. The summed E-state index contributed by atoms with van der Waals surface area (Å²) >= 11 is 0. The lowest BCUT2D eigenvalue weighted by Gasteiger charge is -2.19. The third-order valence-corrected chi connectivity index (χ3v) is 3.26. The minimum Gasteiger partial charge on any atom is -0.320 e. The Labute approximate surface area is 120 Å². The first-order chi connectivity index (χ1) is 9.68. The second kappa shape index (κ2) is 5.48. The van der Waals surface area contributed by atoms with Gasteiger partial charge in [-0.1, -0.05) is 29.3 Å². The van der Waals surface area contributed by atoms with Crippen molar-refractivity contribution in [2.24, 2.45) is 5.73 Å². The third-order valence-electron chi connectivity index (χ3n) is 3.26. The van der Waals surface area contributed by atoms with Crippen LogP contribution in [0.15, 0.2) is 36.4 Å². The fourth-order valence-corrected chi connectivity index (χ4v) is 2.42. The summed E-state index contributed by atoms with van der Waals surface area (Å²) in [6, 6.07) is 6.66. The van der Waals surface area contributed by atoms with Crippen LogP contribution in [0.3, 0.4) is 0 Å². The van der Waals surface area contributed by atoms with E-state index in [1.807, 2.05) is 19.9 Å². The molecule has 0 amide bonds. The number of halogens is 4. The number of benzene rings is 2. The van der Waals surface area contributed by atoms with Crippen molar-refractivity contribution >= 4 is 0 Å². The van der Waals surface area contributed by atoms with Crippen molar-refractivity contribution in [2.45, 2.75) is 26.1 Å². The zero-order chi connectivity index (χ0) is 15.8. The topological polar surface area (TPSA) is 26.0 Å². The van der Waals surface area contributed by atoms with E-state index in [1.165, 1.54) is 0 Å². The number of hydrogen-bond acceptors (Lipinski definition) is 1. The Bertz CT molecular complexity index is 642. The van der Waals surface area contributed by atoms with E-state index in [0.717, 1.165) is 29.3 Å². The van der Waals surface area contributed by atoms with Gasteiger partial charge in [-0.2, -0.15) is 13.2 Å². The Morgan fingerprint density at radius 1 is 0.952 bits per heavy atom. The van der Waals surface area contributed by atoms with Gasteiger partial charge in [-0.15, -0.1) is 0 Å². The molecule has 2 aromatic rings. The molecule has 0 radical (unpaired) electrons. The average molecular weight is 297 g/mol. The predicted octanol–water partition coefficient (Wildman–Crippen LogP) is 4.51. The smallest absolute Gasteiger partial charge is 0.320 e. The molecule has 0 aromatic heterocycles. The highest BCUT2D eigenvalue weighted by Gasteiger charge is 2.35. The predicted molar refractivity (Wildman–Crippen MR) is 73.3 cm³/mol. The van der Waals surface area contributed by atoms with Gasteiger partial charge < -0.3 is 5.73 Å². The molecule has 0 aliphatic rings. The normalized spacial score (nSPS) is 13.3. The number of alkyl halides is 3. The Morgan fingerprint density at radius 3 is 2.05 bits per heavy atom. The Hall–Kier alpha value is -1.88. The second-order valence-electron chi connectivity index (χ2n) is 5.13. The van der Waals surface area contributed by atoms with E-state index in [1.54, 1.807) is 12.1 Å². The molecule has 0 saturated heterocycles. The first-order valence-electron chi connectivity index (χ1n) is 6.39. The quantitative estimate of drug-likeness (QED) is 0.811. The highest BCUT2D eigenvalue weighted by molar-refractivity contribution is 5.41. The molecule has 0 aliphatic carbocycles. The summed E-state index contributed by atoms with van der Waals surface area (Å²) in [5.41, 5.74) is 7.11. The molecular formula is C16H15F4N. The zero-order valence-corrected chi connectivity index (χ0v) is 11.6. The van der Waals surface area contributed by atoms with Crippen LogP contribution >= 0.6 is 0 Å². The Kier molecular flexibility index (Phi) is 4.05. The number of nitrogens with two attached hydrogens (primary N) is 1. The highest BCUT2D eigenvalue weighted by Crippen LogP contribution is 2.36. The van der Waals surface area contributed by atoms with Crippen molar-refractivity contribution in [1.29, 1.82) is 0 Å². The maximum Gasteiger partial charge on any atom is 0.416 e. The Morgan fingerprint density at radius 2 is 1.52 bits per heavy atom. The molecule has 1 nitrogen and oxygen atoms in total. The van der Waals surface area contributed by atoms with E-state index in [9.17, 15) is 17.6 Å². The van der Waals surface area contributed by atoms with E-state index in [2.05, 4.69) is 0 Å². The van der Waals surface area contributed by atoms with Gasteiger partial charge in [-0.3, -0.25) is 0 Å². The molecule has 112 valence electrons. The SMILES string of the molecule is Cc1cc(C)cc(C(N)c2cc(F)ccc2C(F)(F)F)c1. The van der Waals surface area contributed by atoms with E-state index in [-0.39, 0.29) is 5.56 Å². The fraction of sp³-hybridized carbons (Fsp3) is 0.250. The summed E-state index contributed by atoms with van der Waals surface area (Å²) in [6.07, 6.45) is -4.57. The largest absolute Gasteiger partial charge is 0.416 e. The van der Waals surface area contributed by atoms with Gasteiger partial charge in [-0.05, 0) is 43.2 Å². The van der Waals surface area contributed by atoms with Gasteiger partial charge in [0.1, 0.15) is 5.82 Å². The van der Waals surface area contributed by atoms with Crippen molar-refractivity contribution < 1.29 is 17.6 Å². The van der Waals surface area contributed by atoms with Crippen LogP contribution in [0.5, 0.6) is 0 Å². The van der Waals surface area contributed by atoms with E-state index >= 15 is 0 Å². The Balaban J connectivity index is 2.57. The molecule has 0 heterocycles. The number of rotatable bonds is 2. The van der Waals surface area contributed by atoms with Gasteiger partial charge in [0.25, 0.3) is 0 Å². The standard InChI is InChI=1S/C16H15F4N/c1-9-5-10(2)7-11(6-9)15(21)13-8-12(17)3-4-14(13)16(18,19)20/h3-8,15H,21H2,1-2H3. The molecule has 0 aliphatic heterocycles. The summed E-state index contributed by atoms with van der Waals surface area (Å²) in [6.45, 7) is 3.67. The molecule has 2 N–H and O–H groups in total. The minimum absolute atomic E-state index is 0.257. The van der Waals surface area contributed by atoms with Crippen LogP contribution in [0.4, 0.5) is 17.6 Å². The van der Waals surface area contributed by atoms with Crippen molar-refractivity contribution in [2.75, 3.05) is 0 Å². The minimum atomic E-state index is -4.57. The van der Waals surface area contributed by atoms with Gasteiger partial charge in [0.05, 0.1) is 11.6 Å². The first-order valence-corrected chi connectivity index (χ1v) is 6.39. The fourth-order valence-electron chi connectivity index (χ4n) is 2.42. The van der Waals surface area contributed by atoms with Crippen molar-refractivity contribution in [3.05, 3.63) is 70.0 Å². The van der Waals surface area contributed by atoms with Crippen LogP contribution in [-0.4, -0.2) is 0 Å². The first kappa shape index (κ1) is 15.5. The van der Waals surface area contributed by atoms with E-state index in [4.69, 9.17) is 5.73 Å². The average Bonchev–Trinajstić information content (AvgIpc) is 2.35. The van der Waals surface area contributed by atoms with Crippen LogP contribution < -0.4 is 5.73 Å². The van der Waals surface area contributed by atoms with Crippen molar-refractivity contribution in [1.82, 2.24) is 0 Å². The maximum absolute atomic E-state index is 13.3. The van der Waals surface area contributed by atoms with E-state index in [0.29, 0.717) is 5.56 Å². The lowest BCUT2D eigenvalue weighted by Crippen LogP contribution is -2.19. The van der Waals surface area contributed by atoms with Gasteiger partial charge in [0, 0.05) is 0 Å². The molecule has 5 heteroatoms. The van der Waals surface area contributed by atoms with Crippen LogP contribution in [-0.2, 0) is 6.18 Å². The second-order valence-corrected chi connectivity index (χ2v) is 5.13. The van der Waals surface area contributed by atoms with Crippen LogP contribution in [0.1, 0.15) is 33.9 Å². The van der Waals surface area contributed by atoms with Crippen LogP contribution in [0.2, 0.25) is 0 Å². The summed E-state index contributed by atoms with van der Waals surface area (Å²) in [4.78, 5) is 0. The third kappa shape index (κ3) is 3.42. The van der Waals surface area contributed by atoms with Gasteiger partial charge in [-0.25, -0.2) is 4.39 Å². The lowest BCUT2D eigenvalue weighted by molar-refractivity contribution is -0.138. The summed E-state index contributed by atoms with van der Waals surface area (Å²) in [7, 11) is 0. The van der Waals surface area contributed by atoms with E-state index < -0.39 is 23.6 Å². The van der Waals surface area contributed by atoms with Crippen LogP contribution in [0, 0.1) is 19.7 Å². The molecular weight excluding hydrogens is 282 g/mol. The van der Waals surface area contributed by atoms with Gasteiger partial charge in [0.2, 0.25) is 0 Å². The lowest BCUT2D eigenvalue weighted by atomic mass is 9.93. The molecule has 1 atom stereocenters. The van der Waals surface area contributed by atoms with Gasteiger partial charge >= 0.3 is 6.18 Å². The van der Waals surface area contributed by atoms with Crippen LogP contribution in [0.25, 0.3) is 0 Å². The maximum atomic E-state index is 13.3. The number of hydrogen-bond donors (Lipinski definition) is 1. The summed E-state index contributed by atoms with van der Waals surface area (Å²) in [5, 5.41) is 0. The molecule has 0 saturated carbocycles.